The molecule has 0 aliphatic heterocycles. The van der Waals surface area contributed by atoms with E-state index >= 15 is 0 Å². The van der Waals surface area contributed by atoms with E-state index in [0.717, 1.165) is 22.4 Å². The highest BCUT2D eigenvalue weighted by molar-refractivity contribution is 5.82. The lowest BCUT2D eigenvalue weighted by Crippen LogP contribution is -2.05. The average Bonchev–Trinajstić information content (AvgIpc) is 3.39. The molecule has 10 heteroatoms. The molecule has 5 aromatic rings. The van der Waals surface area contributed by atoms with Gasteiger partial charge in [0.2, 0.25) is 0 Å². The summed E-state index contributed by atoms with van der Waals surface area (Å²) in [6, 6.07) is 16.2. The lowest BCUT2D eigenvalue weighted by molar-refractivity contribution is 0.145. The molecule has 4 heterocycles. The van der Waals surface area contributed by atoms with Gasteiger partial charge in [0.05, 0.1) is 16.7 Å². The summed E-state index contributed by atoms with van der Waals surface area (Å²) in [5.74, 6) is 1.66. The quantitative estimate of drug-likeness (QED) is 0.433. The number of rotatable bonds is 5. The van der Waals surface area contributed by atoms with Gasteiger partial charge < -0.3 is 5.32 Å². The van der Waals surface area contributed by atoms with Crippen molar-refractivity contribution in [3.63, 3.8) is 0 Å². The van der Waals surface area contributed by atoms with E-state index in [1.807, 2.05) is 47.9 Å². The largest absolute Gasteiger partial charge is 0.339 e. The van der Waals surface area contributed by atoms with Crippen molar-refractivity contribution in [2.24, 2.45) is 0 Å². The number of aryl methyl sites for hydroxylation is 2. The third kappa shape index (κ3) is 3.66. The number of nitrogens with one attached hydrogen (secondary N) is 1. The molecule has 0 aliphatic rings. The second-order valence-electron chi connectivity index (χ2n) is 7.28. The molecule has 0 atom stereocenters. The SMILES string of the molecule is Cc1ccc(Nc2ccc3ncn(-c4cccc(-n5nc(C(F)F)cc5C)n4)c3c2)nn1. The van der Waals surface area contributed by atoms with Gasteiger partial charge in [-0.25, -0.2) is 23.4 Å². The zero-order valence-electron chi connectivity index (χ0n) is 17.2. The van der Waals surface area contributed by atoms with Crippen molar-refractivity contribution in [3.05, 3.63) is 78.0 Å². The van der Waals surface area contributed by atoms with Gasteiger partial charge in [-0.2, -0.15) is 10.2 Å². The molecule has 0 spiro atoms. The first kappa shape index (κ1) is 19.7. The van der Waals surface area contributed by atoms with Gasteiger partial charge in [0, 0.05) is 11.4 Å². The first-order valence-corrected chi connectivity index (χ1v) is 9.85. The number of halogens is 2. The summed E-state index contributed by atoms with van der Waals surface area (Å²) in [6.07, 6.45) is -0.966. The summed E-state index contributed by atoms with van der Waals surface area (Å²) in [7, 11) is 0. The Morgan fingerprint density at radius 3 is 2.53 bits per heavy atom. The third-order valence-corrected chi connectivity index (χ3v) is 4.93. The molecule has 5 rings (SSSR count). The van der Waals surface area contributed by atoms with Crippen LogP contribution in [-0.2, 0) is 0 Å². The molecule has 0 saturated heterocycles. The Bertz CT molecular complexity index is 1410. The van der Waals surface area contributed by atoms with Crippen LogP contribution in [0, 0.1) is 13.8 Å². The third-order valence-electron chi connectivity index (χ3n) is 4.93. The summed E-state index contributed by atoms with van der Waals surface area (Å²) in [6.45, 7) is 3.59. The van der Waals surface area contributed by atoms with Crippen LogP contribution in [0.1, 0.15) is 23.5 Å². The molecule has 8 nitrogen and oxygen atoms in total. The number of benzene rings is 1. The minimum Gasteiger partial charge on any atom is -0.339 e. The Labute approximate surface area is 181 Å². The van der Waals surface area contributed by atoms with Crippen molar-refractivity contribution >= 4 is 22.5 Å². The van der Waals surface area contributed by atoms with Gasteiger partial charge in [-0.05, 0) is 62.4 Å². The number of hydrogen-bond donors (Lipinski definition) is 1. The van der Waals surface area contributed by atoms with Crippen molar-refractivity contribution < 1.29 is 8.78 Å². The van der Waals surface area contributed by atoms with Gasteiger partial charge in [0.25, 0.3) is 6.43 Å². The molecule has 0 aliphatic carbocycles. The molecule has 4 aromatic heterocycles. The number of fused-ring (bicyclic) bond motifs is 1. The van der Waals surface area contributed by atoms with Crippen LogP contribution in [0.3, 0.4) is 0 Å². The zero-order valence-corrected chi connectivity index (χ0v) is 17.2. The predicted octanol–water partition coefficient (Wildman–Crippen LogP) is 4.69. The molecule has 0 radical (unpaired) electrons. The number of aromatic nitrogens is 7. The van der Waals surface area contributed by atoms with E-state index in [2.05, 4.69) is 30.6 Å². The van der Waals surface area contributed by atoms with Gasteiger partial charge in [0.1, 0.15) is 17.8 Å². The van der Waals surface area contributed by atoms with E-state index in [4.69, 9.17) is 0 Å². The van der Waals surface area contributed by atoms with E-state index in [1.165, 1.54) is 10.7 Å². The Balaban J connectivity index is 1.52. The number of pyridine rings is 1. The van der Waals surface area contributed by atoms with Crippen LogP contribution in [0.25, 0.3) is 22.7 Å². The van der Waals surface area contributed by atoms with Gasteiger partial charge in [-0.1, -0.05) is 6.07 Å². The second kappa shape index (κ2) is 7.80. The molecule has 0 amide bonds. The topological polar surface area (TPSA) is 86.3 Å². The van der Waals surface area contributed by atoms with Crippen LogP contribution in [0.15, 0.2) is 60.9 Å². The molecule has 0 unspecified atom stereocenters. The highest BCUT2D eigenvalue weighted by Gasteiger charge is 2.16. The Morgan fingerprint density at radius 1 is 0.938 bits per heavy atom. The average molecular weight is 432 g/mol. The molecule has 160 valence electrons. The molecular weight excluding hydrogens is 414 g/mol. The van der Waals surface area contributed by atoms with Crippen molar-refractivity contribution in [1.82, 2.24) is 34.5 Å². The molecule has 32 heavy (non-hydrogen) atoms. The lowest BCUT2D eigenvalue weighted by Gasteiger charge is -2.09. The summed E-state index contributed by atoms with van der Waals surface area (Å²) >= 11 is 0. The molecule has 0 saturated carbocycles. The summed E-state index contributed by atoms with van der Waals surface area (Å²) in [4.78, 5) is 9.08. The summed E-state index contributed by atoms with van der Waals surface area (Å²) in [5.41, 5.74) is 3.56. The van der Waals surface area contributed by atoms with Gasteiger partial charge >= 0.3 is 0 Å². The maximum atomic E-state index is 13.0. The predicted molar refractivity (Wildman–Crippen MR) is 116 cm³/mol. The van der Waals surface area contributed by atoms with Gasteiger partial charge in [0.15, 0.2) is 11.6 Å². The van der Waals surface area contributed by atoms with E-state index in [-0.39, 0.29) is 5.69 Å². The fourth-order valence-corrected chi connectivity index (χ4v) is 3.38. The number of nitrogens with zero attached hydrogens (tertiary/aromatic N) is 7. The van der Waals surface area contributed by atoms with Crippen molar-refractivity contribution in [1.29, 1.82) is 0 Å². The summed E-state index contributed by atoms with van der Waals surface area (Å²) < 4.78 is 29.3. The van der Waals surface area contributed by atoms with Crippen molar-refractivity contribution in [2.45, 2.75) is 20.3 Å². The fourth-order valence-electron chi connectivity index (χ4n) is 3.38. The number of imidazole rings is 1. The number of anilines is 2. The number of hydrogen-bond acceptors (Lipinski definition) is 6. The van der Waals surface area contributed by atoms with Crippen LogP contribution in [0.2, 0.25) is 0 Å². The Hall–Kier alpha value is -4.21. The van der Waals surface area contributed by atoms with Crippen LogP contribution in [0.5, 0.6) is 0 Å². The van der Waals surface area contributed by atoms with E-state index in [0.29, 0.717) is 23.1 Å². The normalized spacial score (nSPS) is 11.4. The highest BCUT2D eigenvalue weighted by atomic mass is 19.3. The molecule has 0 fully saturated rings. The minimum absolute atomic E-state index is 0.280. The minimum atomic E-state index is -2.64. The van der Waals surface area contributed by atoms with E-state index < -0.39 is 6.43 Å². The smallest absolute Gasteiger partial charge is 0.282 e. The van der Waals surface area contributed by atoms with E-state index in [9.17, 15) is 8.78 Å². The zero-order chi connectivity index (χ0) is 22.2. The maximum absolute atomic E-state index is 13.0. The molecular formula is C22H18F2N8. The molecule has 1 aromatic carbocycles. The second-order valence-corrected chi connectivity index (χ2v) is 7.28. The molecule has 0 bridgehead atoms. The van der Waals surface area contributed by atoms with Crippen molar-refractivity contribution in [3.8, 4) is 11.6 Å². The van der Waals surface area contributed by atoms with E-state index in [1.54, 1.807) is 25.4 Å². The maximum Gasteiger partial charge on any atom is 0.282 e. The van der Waals surface area contributed by atoms with Crippen molar-refractivity contribution in [2.75, 3.05) is 5.32 Å². The molecule has 1 N–H and O–H groups in total. The van der Waals surface area contributed by atoms with Gasteiger partial charge in [-0.3, -0.25) is 4.57 Å². The van der Waals surface area contributed by atoms with Crippen LogP contribution >= 0.6 is 0 Å². The van der Waals surface area contributed by atoms with Crippen LogP contribution < -0.4 is 5.32 Å². The fraction of sp³-hybridized carbons (Fsp3) is 0.136. The van der Waals surface area contributed by atoms with Gasteiger partial charge in [-0.15, -0.1) is 5.10 Å². The summed E-state index contributed by atoms with van der Waals surface area (Å²) in [5, 5.41) is 15.4. The lowest BCUT2D eigenvalue weighted by atomic mass is 10.2. The number of alkyl halides is 2. The van der Waals surface area contributed by atoms with Crippen LogP contribution in [0.4, 0.5) is 20.3 Å². The standard InChI is InChI=1S/C22H18F2N8/c1-13-6-9-19(29-28-13)26-15-7-8-16-18(11-15)31(12-25-16)20-4-3-5-21(27-20)32-14(2)10-17(30-32)22(23)24/h3-12,22H,1-2H3,(H,26,29). The highest BCUT2D eigenvalue weighted by Crippen LogP contribution is 2.24. The Morgan fingerprint density at radius 2 is 1.78 bits per heavy atom. The monoisotopic (exact) mass is 432 g/mol. The first-order chi connectivity index (χ1) is 15.5. The van der Waals surface area contributed by atoms with Crippen LogP contribution in [-0.4, -0.2) is 34.5 Å². The first-order valence-electron chi connectivity index (χ1n) is 9.85. The Kier molecular flexibility index (Phi) is 4.81.